The van der Waals surface area contributed by atoms with Crippen LogP contribution in [0, 0.1) is 0 Å². The molecule has 0 aliphatic carbocycles. The first kappa shape index (κ1) is 39.5. The minimum atomic E-state index is -3.21. The number of alkyl halides is 2. The predicted octanol–water partition coefficient (Wildman–Crippen LogP) is 15.2. The quantitative estimate of drug-likeness (QED) is 0.181. The van der Waals surface area contributed by atoms with E-state index < -0.39 is 5.92 Å². The van der Waals surface area contributed by atoms with Gasteiger partial charge in [0.2, 0.25) is 0 Å². The zero-order chi connectivity index (χ0) is 44.1. The number of fused-ring (bicyclic) bond motifs is 7. The molecule has 0 unspecified atom stereocenters. The minimum absolute atomic E-state index is 0.0656. The molecule has 64 heavy (non-hydrogen) atoms. The van der Waals surface area contributed by atoms with Crippen LogP contribution in [0.4, 0.5) is 8.78 Å². The molecule has 11 aromatic rings. The molecular formula is C57H47F2N5. The van der Waals surface area contributed by atoms with Gasteiger partial charge < -0.3 is 4.98 Å². The monoisotopic (exact) mass is 839 g/mol. The third kappa shape index (κ3) is 6.24. The van der Waals surface area contributed by atoms with Crippen LogP contribution in [0.5, 0.6) is 0 Å². The van der Waals surface area contributed by atoms with Crippen molar-refractivity contribution in [3.8, 4) is 34.0 Å². The number of pyridine rings is 1. The predicted molar refractivity (Wildman–Crippen MR) is 260 cm³/mol. The number of aromatic amines is 1. The molecule has 0 saturated carbocycles. The van der Waals surface area contributed by atoms with Crippen LogP contribution in [0.1, 0.15) is 63.8 Å². The van der Waals surface area contributed by atoms with Gasteiger partial charge in [-0.3, -0.25) is 9.13 Å². The number of imidazole rings is 1. The maximum absolute atomic E-state index is 16.1. The van der Waals surface area contributed by atoms with Gasteiger partial charge in [0, 0.05) is 61.2 Å². The highest BCUT2D eigenvalue weighted by atomic mass is 19.3. The Morgan fingerprint density at radius 1 is 0.516 bits per heavy atom. The van der Waals surface area contributed by atoms with Crippen LogP contribution in [-0.4, -0.2) is 24.1 Å². The number of benzene rings is 7. The molecule has 0 amide bonds. The summed E-state index contributed by atoms with van der Waals surface area (Å²) in [4.78, 5) is 14.3. The lowest BCUT2D eigenvalue weighted by molar-refractivity contribution is 0.0427. The smallest absolute Gasteiger partial charge is 0.298 e. The summed E-state index contributed by atoms with van der Waals surface area (Å²) in [5, 5.41) is 4.44. The number of H-pyrrole nitrogens is 1. The lowest BCUT2D eigenvalue weighted by atomic mass is 9.82. The molecule has 0 aliphatic heterocycles. The zero-order valence-electron chi connectivity index (χ0n) is 36.7. The van der Waals surface area contributed by atoms with Crippen LogP contribution in [0.2, 0.25) is 0 Å². The number of rotatable bonds is 6. The molecule has 0 bridgehead atoms. The summed E-state index contributed by atoms with van der Waals surface area (Å²) in [6.07, 6.45) is 1.48. The summed E-state index contributed by atoms with van der Waals surface area (Å²) in [5.74, 6) is -1.96. The maximum Gasteiger partial charge on any atom is 0.298 e. The number of para-hydroxylation sites is 3. The third-order valence-corrected chi connectivity index (χ3v) is 12.8. The molecule has 0 fully saturated rings. The second-order valence-corrected chi connectivity index (χ2v) is 19.0. The van der Waals surface area contributed by atoms with E-state index in [2.05, 4.69) is 148 Å². The summed E-state index contributed by atoms with van der Waals surface area (Å²) in [6.45, 7) is 13.6. The van der Waals surface area contributed by atoms with Crippen molar-refractivity contribution in [2.24, 2.45) is 0 Å². The van der Waals surface area contributed by atoms with E-state index in [-0.39, 0.29) is 22.0 Å². The largest absolute Gasteiger partial charge is 0.354 e. The third-order valence-electron chi connectivity index (χ3n) is 12.8. The fraction of sp³-hybridized carbons (Fsp3) is 0.158. The number of hydrogen-bond acceptors (Lipinski definition) is 2. The SMILES string of the molecule is CC(C)(C)c1cc(-c2nc3c(-c4ccc5c6ccccc6n(-c6cc(C(F)(F)c7ccccc7)ccn6)c5c4)cccc3n2-c2ccccc2)c2[nH]c3cccc(C(C)(C)C)c3c2c1. The van der Waals surface area contributed by atoms with Gasteiger partial charge in [0.1, 0.15) is 11.6 Å². The van der Waals surface area contributed by atoms with Crippen molar-refractivity contribution < 1.29 is 8.78 Å². The molecule has 1 N–H and O–H groups in total. The van der Waals surface area contributed by atoms with Gasteiger partial charge in [-0.25, -0.2) is 9.97 Å². The molecule has 0 spiro atoms. The Labute approximate surface area is 370 Å². The molecule has 314 valence electrons. The molecule has 7 aromatic carbocycles. The summed E-state index contributed by atoms with van der Waals surface area (Å²) in [7, 11) is 0. The molecule has 4 heterocycles. The molecule has 0 aliphatic rings. The Kier molecular flexibility index (Phi) is 8.83. The lowest BCUT2D eigenvalue weighted by Gasteiger charge is -2.22. The van der Waals surface area contributed by atoms with E-state index in [1.165, 1.54) is 52.4 Å². The molecule has 11 rings (SSSR count). The number of hydrogen-bond donors (Lipinski definition) is 1. The van der Waals surface area contributed by atoms with Crippen LogP contribution >= 0.6 is 0 Å². The van der Waals surface area contributed by atoms with Gasteiger partial charge in [-0.05, 0) is 88.2 Å². The van der Waals surface area contributed by atoms with E-state index in [0.717, 1.165) is 72.1 Å². The van der Waals surface area contributed by atoms with E-state index >= 15 is 8.78 Å². The van der Waals surface area contributed by atoms with Crippen molar-refractivity contribution in [2.45, 2.75) is 58.3 Å². The van der Waals surface area contributed by atoms with E-state index in [4.69, 9.17) is 9.97 Å². The summed E-state index contributed by atoms with van der Waals surface area (Å²) in [5.41, 5.74) is 11.8. The fourth-order valence-corrected chi connectivity index (χ4v) is 9.58. The topological polar surface area (TPSA) is 51.4 Å². The van der Waals surface area contributed by atoms with Crippen molar-refractivity contribution in [1.82, 2.24) is 24.1 Å². The van der Waals surface area contributed by atoms with Gasteiger partial charge in [-0.2, -0.15) is 8.78 Å². The maximum atomic E-state index is 16.1. The highest BCUT2D eigenvalue weighted by Crippen LogP contribution is 2.44. The van der Waals surface area contributed by atoms with E-state index in [9.17, 15) is 0 Å². The zero-order valence-corrected chi connectivity index (χ0v) is 36.7. The first-order valence-electron chi connectivity index (χ1n) is 21.9. The Morgan fingerprint density at radius 2 is 1.22 bits per heavy atom. The number of halogens is 2. The van der Waals surface area contributed by atoms with Crippen LogP contribution in [0.25, 0.3) is 88.7 Å². The molecule has 4 aromatic heterocycles. The molecular weight excluding hydrogens is 793 g/mol. The fourth-order valence-electron chi connectivity index (χ4n) is 9.58. The molecule has 0 atom stereocenters. The highest BCUT2D eigenvalue weighted by Gasteiger charge is 2.34. The number of nitrogens with zero attached hydrogens (tertiary/aromatic N) is 4. The van der Waals surface area contributed by atoms with E-state index in [1.54, 1.807) is 18.2 Å². The van der Waals surface area contributed by atoms with Crippen LogP contribution in [-0.2, 0) is 16.8 Å². The summed E-state index contributed by atoms with van der Waals surface area (Å²) >= 11 is 0. The number of aromatic nitrogens is 5. The second-order valence-electron chi connectivity index (χ2n) is 19.0. The Hall–Kier alpha value is -7.38. The normalized spacial score (nSPS) is 12.7. The molecule has 5 nitrogen and oxygen atoms in total. The van der Waals surface area contributed by atoms with Gasteiger partial charge in [0.15, 0.2) is 0 Å². The van der Waals surface area contributed by atoms with Crippen LogP contribution in [0.3, 0.4) is 0 Å². The number of nitrogens with one attached hydrogen (secondary N) is 1. The molecule has 7 heteroatoms. The van der Waals surface area contributed by atoms with Crippen molar-refractivity contribution in [1.29, 1.82) is 0 Å². The average Bonchev–Trinajstić information content (AvgIpc) is 3.98. The lowest BCUT2D eigenvalue weighted by Crippen LogP contribution is -2.16. The van der Waals surface area contributed by atoms with Gasteiger partial charge >= 0.3 is 0 Å². The summed E-state index contributed by atoms with van der Waals surface area (Å²) < 4.78 is 36.5. The van der Waals surface area contributed by atoms with Crippen LogP contribution < -0.4 is 0 Å². The first-order chi connectivity index (χ1) is 30.8. The van der Waals surface area contributed by atoms with Gasteiger partial charge in [-0.15, -0.1) is 0 Å². The second kappa shape index (κ2) is 14.3. The van der Waals surface area contributed by atoms with Crippen molar-refractivity contribution in [2.75, 3.05) is 0 Å². The van der Waals surface area contributed by atoms with Crippen molar-refractivity contribution >= 4 is 54.6 Å². The standard InChI is InChI=1S/C57H47F2N5/c1-55(2,3)38-32-43-51-45(56(4,5)6)23-16-24-46(51)61-52(43)44(33-38)54-62-53-40(22-15-26-48(53)63(54)39-19-11-8-12-20-39)35-27-28-42-41-21-13-14-25-47(41)64(49(42)31-35)50-34-37(29-30-60-50)57(58,59)36-17-9-7-10-18-36/h7-34,61H,1-6H3. The Morgan fingerprint density at radius 3 is 1.98 bits per heavy atom. The van der Waals surface area contributed by atoms with Crippen LogP contribution in [0.15, 0.2) is 170 Å². The highest BCUT2D eigenvalue weighted by molar-refractivity contribution is 6.14. The average molecular weight is 840 g/mol. The van der Waals surface area contributed by atoms with Gasteiger partial charge in [-0.1, -0.05) is 145 Å². The van der Waals surface area contributed by atoms with Gasteiger partial charge in [0.25, 0.3) is 5.92 Å². The van der Waals surface area contributed by atoms with Crippen molar-refractivity contribution in [3.63, 3.8) is 0 Å². The molecule has 0 radical (unpaired) electrons. The van der Waals surface area contributed by atoms with E-state index in [0.29, 0.717) is 5.82 Å². The van der Waals surface area contributed by atoms with Crippen molar-refractivity contribution in [3.05, 3.63) is 192 Å². The van der Waals surface area contributed by atoms with Gasteiger partial charge in [0.05, 0.1) is 27.6 Å². The molecule has 0 saturated heterocycles. The van der Waals surface area contributed by atoms with E-state index in [1.807, 2.05) is 28.8 Å². The summed E-state index contributed by atoms with van der Waals surface area (Å²) in [6, 6.07) is 53.5. The minimum Gasteiger partial charge on any atom is -0.354 e. The Bertz CT molecular complexity index is 3600. The first-order valence-corrected chi connectivity index (χ1v) is 21.9. The Balaban J connectivity index is 1.16.